The molecule has 0 spiro atoms. The molecular formula is C35H45N9O2. The van der Waals surface area contributed by atoms with Crippen molar-refractivity contribution in [2.24, 2.45) is 0 Å². The SMILES string of the molecule is C=C(C=O)CNc1cc(Nc2cc(-c3ccc4c(cnn4C(C)C)c3)ncn2)c(OC)cc1N1CCC(N2CCN(C)CC2)CC1. The first-order valence-corrected chi connectivity index (χ1v) is 16.2. The Morgan fingerprint density at radius 3 is 2.54 bits per heavy atom. The number of methoxy groups -OCH3 is 1. The number of aldehydes is 1. The minimum atomic E-state index is 0.282. The van der Waals surface area contributed by atoms with Crippen molar-refractivity contribution in [3.05, 3.63) is 61.1 Å². The minimum absolute atomic E-state index is 0.282. The molecule has 0 unspecified atom stereocenters. The van der Waals surface area contributed by atoms with E-state index in [9.17, 15) is 4.79 Å². The molecule has 11 heteroatoms. The molecule has 46 heavy (non-hydrogen) atoms. The summed E-state index contributed by atoms with van der Waals surface area (Å²) in [5, 5.41) is 12.5. The van der Waals surface area contributed by atoms with Gasteiger partial charge >= 0.3 is 0 Å². The highest BCUT2D eigenvalue weighted by Crippen LogP contribution is 2.40. The van der Waals surface area contributed by atoms with Gasteiger partial charge in [0.25, 0.3) is 0 Å². The third-order valence-corrected chi connectivity index (χ3v) is 9.16. The second-order valence-electron chi connectivity index (χ2n) is 12.6. The van der Waals surface area contributed by atoms with E-state index in [-0.39, 0.29) is 6.04 Å². The largest absolute Gasteiger partial charge is 0.494 e. The zero-order chi connectivity index (χ0) is 32.2. The van der Waals surface area contributed by atoms with E-state index in [1.54, 1.807) is 13.4 Å². The van der Waals surface area contributed by atoms with Gasteiger partial charge in [0.05, 0.1) is 41.6 Å². The maximum Gasteiger partial charge on any atom is 0.147 e. The fourth-order valence-electron chi connectivity index (χ4n) is 6.49. The normalized spacial score (nSPS) is 16.6. The van der Waals surface area contributed by atoms with E-state index in [2.05, 4.69) is 92.1 Å². The summed E-state index contributed by atoms with van der Waals surface area (Å²) in [6.07, 6.45) is 6.48. The number of nitrogens with zero attached hydrogens (tertiary/aromatic N) is 7. The average Bonchev–Trinajstić information content (AvgIpc) is 3.52. The summed E-state index contributed by atoms with van der Waals surface area (Å²) in [7, 11) is 3.89. The second kappa shape index (κ2) is 13.9. The number of hydrogen-bond acceptors (Lipinski definition) is 10. The minimum Gasteiger partial charge on any atom is -0.494 e. The van der Waals surface area contributed by atoms with E-state index in [1.807, 2.05) is 23.0 Å². The predicted molar refractivity (Wildman–Crippen MR) is 185 cm³/mol. The highest BCUT2D eigenvalue weighted by atomic mass is 16.5. The molecule has 4 aromatic rings. The number of piperidine rings is 1. The van der Waals surface area contributed by atoms with Crippen molar-refractivity contribution in [3.63, 3.8) is 0 Å². The van der Waals surface area contributed by atoms with Gasteiger partial charge in [0.2, 0.25) is 0 Å². The lowest BCUT2D eigenvalue weighted by atomic mass is 10.0. The Bertz CT molecular complexity index is 1680. The highest BCUT2D eigenvalue weighted by molar-refractivity contribution is 5.85. The van der Waals surface area contributed by atoms with E-state index in [4.69, 9.17) is 4.74 Å². The van der Waals surface area contributed by atoms with E-state index in [1.165, 1.54) is 0 Å². The molecule has 4 heterocycles. The van der Waals surface area contributed by atoms with Crippen molar-refractivity contribution in [2.45, 2.75) is 38.8 Å². The maximum absolute atomic E-state index is 11.4. The van der Waals surface area contributed by atoms with Crippen LogP contribution in [0.25, 0.3) is 22.2 Å². The van der Waals surface area contributed by atoms with Gasteiger partial charge in [-0.2, -0.15) is 5.10 Å². The van der Waals surface area contributed by atoms with Crippen LogP contribution in [-0.2, 0) is 4.79 Å². The third-order valence-electron chi connectivity index (χ3n) is 9.16. The molecule has 2 aliphatic rings. The van der Waals surface area contributed by atoms with Gasteiger partial charge in [-0.1, -0.05) is 12.6 Å². The fourth-order valence-corrected chi connectivity index (χ4v) is 6.49. The Morgan fingerprint density at radius 2 is 1.83 bits per heavy atom. The van der Waals surface area contributed by atoms with Gasteiger partial charge in [0.1, 0.15) is 24.2 Å². The van der Waals surface area contributed by atoms with Crippen molar-refractivity contribution in [1.82, 2.24) is 29.5 Å². The van der Waals surface area contributed by atoms with Crippen LogP contribution in [0.2, 0.25) is 0 Å². The summed E-state index contributed by atoms with van der Waals surface area (Å²) < 4.78 is 7.93. The lowest BCUT2D eigenvalue weighted by Gasteiger charge is -2.43. The second-order valence-corrected chi connectivity index (χ2v) is 12.6. The fraction of sp³-hybridized carbons (Fsp3) is 0.429. The molecule has 2 saturated heterocycles. The average molecular weight is 624 g/mol. The Kier molecular flexibility index (Phi) is 9.51. The Hall–Kier alpha value is -4.48. The van der Waals surface area contributed by atoms with Crippen LogP contribution in [0.1, 0.15) is 32.7 Å². The number of anilines is 4. The van der Waals surface area contributed by atoms with Crippen LogP contribution in [-0.4, -0.2) is 102 Å². The molecule has 2 fully saturated rings. The summed E-state index contributed by atoms with van der Waals surface area (Å²) >= 11 is 0. The van der Waals surface area contributed by atoms with Crippen LogP contribution in [0.4, 0.5) is 22.9 Å². The van der Waals surface area contributed by atoms with Crippen molar-refractivity contribution < 1.29 is 9.53 Å². The van der Waals surface area contributed by atoms with Gasteiger partial charge in [-0.25, -0.2) is 9.97 Å². The number of rotatable bonds is 11. The summed E-state index contributed by atoms with van der Waals surface area (Å²) in [5.41, 5.74) is 6.09. The number of carbonyl (C=O) groups is 1. The molecule has 2 aromatic carbocycles. The number of ether oxygens (including phenoxy) is 1. The first-order valence-electron chi connectivity index (χ1n) is 16.2. The zero-order valence-corrected chi connectivity index (χ0v) is 27.4. The Morgan fingerprint density at radius 1 is 1.04 bits per heavy atom. The molecule has 11 nitrogen and oxygen atoms in total. The molecule has 0 atom stereocenters. The molecule has 0 aliphatic carbocycles. The maximum atomic E-state index is 11.4. The number of likely N-dealkylation sites (N-methyl/N-ethyl adjacent to an activating group) is 1. The van der Waals surface area contributed by atoms with Crippen LogP contribution < -0.4 is 20.3 Å². The van der Waals surface area contributed by atoms with Gasteiger partial charge < -0.3 is 25.2 Å². The molecule has 0 radical (unpaired) electrons. The number of aromatic nitrogens is 4. The highest BCUT2D eigenvalue weighted by Gasteiger charge is 2.28. The van der Waals surface area contributed by atoms with E-state index >= 15 is 0 Å². The zero-order valence-electron chi connectivity index (χ0n) is 27.4. The molecule has 242 valence electrons. The molecule has 0 amide bonds. The lowest BCUT2D eigenvalue weighted by molar-refractivity contribution is -0.104. The number of fused-ring (bicyclic) bond motifs is 1. The standard InChI is InChI=1S/C35H45N9O2/c1-24(2)44-32-7-6-26(16-27(32)21-39-44)29-18-35(38-23-37-29)40-31-17-30(36-20-25(3)22-45)33(19-34(31)46-5)43-10-8-28(9-11-43)42-14-12-41(4)13-15-42/h6-7,16-19,21-24,28,36H,3,8-15,20H2,1-2,4-5H3,(H,37,38,40). The van der Waals surface area contributed by atoms with Crippen LogP contribution >= 0.6 is 0 Å². The van der Waals surface area contributed by atoms with Crippen LogP contribution in [0, 0.1) is 0 Å². The first kappa shape index (κ1) is 31.5. The van der Waals surface area contributed by atoms with Crippen LogP contribution in [0.3, 0.4) is 0 Å². The molecule has 2 aliphatic heterocycles. The number of nitrogens with one attached hydrogen (secondary N) is 2. The number of piperazine rings is 1. The van der Waals surface area contributed by atoms with Crippen LogP contribution in [0.15, 0.2) is 61.1 Å². The van der Waals surface area contributed by atoms with Gasteiger partial charge in [-0.15, -0.1) is 0 Å². The monoisotopic (exact) mass is 623 g/mol. The molecule has 6 rings (SSSR count). The van der Waals surface area contributed by atoms with Crippen molar-refractivity contribution in [3.8, 4) is 17.0 Å². The Labute approximate surface area is 271 Å². The smallest absolute Gasteiger partial charge is 0.147 e. The van der Waals surface area contributed by atoms with Crippen molar-refractivity contribution in [1.29, 1.82) is 0 Å². The third kappa shape index (κ3) is 6.85. The molecule has 2 aromatic heterocycles. The first-order chi connectivity index (χ1) is 22.3. The summed E-state index contributed by atoms with van der Waals surface area (Å²) in [6, 6.07) is 13.2. The number of hydrogen-bond donors (Lipinski definition) is 2. The van der Waals surface area contributed by atoms with Gasteiger partial charge in [-0.3, -0.25) is 14.4 Å². The van der Waals surface area contributed by atoms with Crippen LogP contribution in [0.5, 0.6) is 5.75 Å². The Balaban J connectivity index is 1.24. The van der Waals surface area contributed by atoms with Crippen molar-refractivity contribution >= 4 is 40.1 Å². The molecule has 0 saturated carbocycles. The van der Waals surface area contributed by atoms with Gasteiger partial charge in [0.15, 0.2) is 0 Å². The molecule has 2 N–H and O–H groups in total. The predicted octanol–water partition coefficient (Wildman–Crippen LogP) is 5.21. The van der Waals surface area contributed by atoms with E-state index in [0.29, 0.717) is 29.7 Å². The van der Waals surface area contributed by atoms with Gasteiger partial charge in [-0.05, 0) is 51.9 Å². The topological polar surface area (TPSA) is 104 Å². The van der Waals surface area contributed by atoms with Crippen molar-refractivity contribution in [2.75, 3.05) is 75.5 Å². The molecular weight excluding hydrogens is 578 g/mol. The number of carbonyl (C=O) groups excluding carboxylic acids is 1. The number of benzene rings is 2. The van der Waals surface area contributed by atoms with Gasteiger partial charge in [0, 0.05) is 86.6 Å². The molecule has 0 bridgehead atoms. The van der Waals surface area contributed by atoms with E-state index < -0.39 is 0 Å². The lowest BCUT2D eigenvalue weighted by Crippen LogP contribution is -2.52. The quantitative estimate of drug-likeness (QED) is 0.171. The summed E-state index contributed by atoms with van der Waals surface area (Å²) in [4.78, 5) is 27.9. The van der Waals surface area contributed by atoms with E-state index in [0.717, 1.165) is 97.6 Å². The summed E-state index contributed by atoms with van der Waals surface area (Å²) in [6.45, 7) is 14.9. The summed E-state index contributed by atoms with van der Waals surface area (Å²) in [5.74, 6) is 1.35.